The fourth-order valence-electron chi connectivity index (χ4n) is 3.12. The largest absolute Gasteiger partial charge is 0.478 e. The molecule has 4 rings (SSSR count). The summed E-state index contributed by atoms with van der Waals surface area (Å²) in [5.41, 5.74) is 1.59. The highest BCUT2D eigenvalue weighted by Crippen LogP contribution is 2.32. The van der Waals surface area contributed by atoms with E-state index in [4.69, 9.17) is 0 Å². The van der Waals surface area contributed by atoms with Gasteiger partial charge in [0, 0.05) is 24.0 Å². The van der Waals surface area contributed by atoms with Crippen LogP contribution in [0.3, 0.4) is 0 Å². The summed E-state index contributed by atoms with van der Waals surface area (Å²) in [6, 6.07) is 11.0. The van der Waals surface area contributed by atoms with Crippen LogP contribution in [-0.2, 0) is 17.1 Å². The number of carboxylic acids is 1. The summed E-state index contributed by atoms with van der Waals surface area (Å²) < 4.78 is 29.3. The number of carbonyl (C=O) groups is 1. The number of fused-ring (bicyclic) bond motifs is 3. The second-order valence-corrected chi connectivity index (χ2v) is 7.95. The van der Waals surface area contributed by atoms with Gasteiger partial charge in [-0.1, -0.05) is 12.1 Å². The minimum Gasteiger partial charge on any atom is -0.478 e. The number of hydrogen-bond acceptors (Lipinski definition) is 4. The highest BCUT2D eigenvalue weighted by Gasteiger charge is 2.26. The Hall–Kier alpha value is -3.13. The van der Waals surface area contributed by atoms with Crippen LogP contribution in [0, 0.1) is 6.92 Å². The van der Waals surface area contributed by atoms with Gasteiger partial charge in [-0.15, -0.1) is 0 Å². The monoisotopic (exact) mass is 369 g/mol. The maximum Gasteiger partial charge on any atom is 0.335 e. The molecule has 0 saturated carbocycles. The summed E-state index contributed by atoms with van der Waals surface area (Å²) >= 11 is 0. The Balaban J connectivity index is 2.12. The molecular formula is C18H15N3O4S. The molecule has 0 spiro atoms. The van der Waals surface area contributed by atoms with E-state index < -0.39 is 16.0 Å². The van der Waals surface area contributed by atoms with Crippen LogP contribution >= 0.6 is 0 Å². The summed E-state index contributed by atoms with van der Waals surface area (Å²) in [4.78, 5) is 11.5. The van der Waals surface area contributed by atoms with Crippen LogP contribution < -0.4 is 0 Å². The number of aryl methyl sites for hydroxylation is 2. The van der Waals surface area contributed by atoms with Crippen LogP contribution in [0.5, 0.6) is 0 Å². The molecule has 0 aliphatic heterocycles. The molecule has 0 unspecified atom stereocenters. The van der Waals surface area contributed by atoms with Gasteiger partial charge < -0.3 is 5.11 Å². The normalized spacial score (nSPS) is 12.1. The second kappa shape index (κ2) is 5.43. The third-order valence-corrected chi connectivity index (χ3v) is 5.98. The molecule has 0 atom stereocenters. The first kappa shape index (κ1) is 16.3. The fourth-order valence-corrected chi connectivity index (χ4v) is 4.69. The van der Waals surface area contributed by atoms with E-state index in [-0.39, 0.29) is 16.1 Å². The third kappa shape index (κ3) is 2.30. The van der Waals surface area contributed by atoms with Gasteiger partial charge in [0.2, 0.25) is 0 Å². The molecule has 0 bridgehead atoms. The van der Waals surface area contributed by atoms with Gasteiger partial charge in [-0.3, -0.25) is 4.68 Å². The summed E-state index contributed by atoms with van der Waals surface area (Å²) in [5.74, 6) is -1.07. The predicted octanol–water partition coefficient (Wildman–Crippen LogP) is 2.77. The molecule has 0 amide bonds. The van der Waals surface area contributed by atoms with E-state index in [2.05, 4.69) is 5.10 Å². The third-order valence-electron chi connectivity index (χ3n) is 4.28. The smallest absolute Gasteiger partial charge is 0.335 e. The number of benzene rings is 2. The molecule has 1 N–H and O–H groups in total. The molecule has 0 fully saturated rings. The molecule has 0 radical (unpaired) electrons. The van der Waals surface area contributed by atoms with Crippen molar-refractivity contribution in [3.05, 3.63) is 59.8 Å². The number of aromatic nitrogens is 3. The van der Waals surface area contributed by atoms with Gasteiger partial charge in [0.1, 0.15) is 0 Å². The van der Waals surface area contributed by atoms with Crippen molar-refractivity contribution in [3.8, 4) is 0 Å². The van der Waals surface area contributed by atoms with E-state index in [1.807, 2.05) is 13.0 Å². The molecular weight excluding hydrogens is 354 g/mol. The number of rotatable bonds is 3. The first-order valence-electron chi connectivity index (χ1n) is 7.82. The summed E-state index contributed by atoms with van der Waals surface area (Å²) in [6.07, 6.45) is 1.69. The maximum absolute atomic E-state index is 13.3. The fraction of sp³-hybridized carbons (Fsp3) is 0.111. The van der Waals surface area contributed by atoms with Gasteiger partial charge in [-0.25, -0.2) is 17.2 Å². The van der Waals surface area contributed by atoms with Crippen LogP contribution in [-0.4, -0.2) is 33.2 Å². The molecule has 7 nitrogen and oxygen atoms in total. The lowest BCUT2D eigenvalue weighted by atomic mass is 10.1. The molecule has 0 saturated heterocycles. The second-order valence-electron chi connectivity index (χ2n) is 6.16. The van der Waals surface area contributed by atoms with E-state index in [0.717, 1.165) is 5.56 Å². The minimum absolute atomic E-state index is 0.0911. The average Bonchev–Trinajstić information content (AvgIpc) is 3.09. The van der Waals surface area contributed by atoms with Gasteiger partial charge in [-0.05, 0) is 42.8 Å². The Morgan fingerprint density at radius 2 is 1.88 bits per heavy atom. The standard InChI is InChI=1S/C18H15N3O4S/c1-11-4-3-5-13(8-11)26(24,25)21-16-7-6-12(18(22)23)9-14(16)15-10-20(2)19-17(15)21/h3-10H,1-2H3,(H,22,23). The van der Waals surface area contributed by atoms with Crippen molar-refractivity contribution in [1.82, 2.24) is 13.8 Å². The first-order chi connectivity index (χ1) is 12.3. The molecule has 2 aromatic heterocycles. The highest BCUT2D eigenvalue weighted by molar-refractivity contribution is 7.90. The number of aromatic carboxylic acids is 1. The maximum atomic E-state index is 13.3. The number of hydrogen-bond donors (Lipinski definition) is 1. The van der Waals surface area contributed by atoms with Crippen molar-refractivity contribution in [1.29, 1.82) is 0 Å². The van der Waals surface area contributed by atoms with Crippen LogP contribution in [0.1, 0.15) is 15.9 Å². The number of carboxylic acid groups (broad SMARTS) is 1. The zero-order valence-corrected chi connectivity index (χ0v) is 14.9. The Bertz CT molecular complexity index is 1300. The molecule has 4 aromatic rings. The van der Waals surface area contributed by atoms with Gasteiger partial charge in [0.25, 0.3) is 10.0 Å². The zero-order valence-electron chi connectivity index (χ0n) is 14.0. The van der Waals surface area contributed by atoms with Gasteiger partial charge in [0.15, 0.2) is 5.65 Å². The van der Waals surface area contributed by atoms with Crippen molar-refractivity contribution in [2.24, 2.45) is 7.05 Å². The lowest BCUT2D eigenvalue weighted by Gasteiger charge is -2.09. The van der Waals surface area contributed by atoms with Crippen LogP contribution in [0.15, 0.2) is 53.6 Å². The summed E-state index contributed by atoms with van der Waals surface area (Å²) in [7, 11) is -2.21. The molecule has 2 aromatic carbocycles. The van der Waals surface area contributed by atoms with E-state index in [0.29, 0.717) is 16.3 Å². The Labute approximate surface area is 149 Å². The van der Waals surface area contributed by atoms with E-state index >= 15 is 0 Å². The summed E-state index contributed by atoms with van der Waals surface area (Å²) in [5, 5.41) is 14.7. The van der Waals surface area contributed by atoms with Crippen LogP contribution in [0.2, 0.25) is 0 Å². The van der Waals surface area contributed by atoms with Gasteiger partial charge in [0.05, 0.1) is 16.0 Å². The molecule has 0 aliphatic rings. The van der Waals surface area contributed by atoms with E-state index in [1.54, 1.807) is 25.4 Å². The highest BCUT2D eigenvalue weighted by atomic mass is 32.2. The van der Waals surface area contributed by atoms with Crippen molar-refractivity contribution in [2.45, 2.75) is 11.8 Å². The van der Waals surface area contributed by atoms with Crippen molar-refractivity contribution in [3.63, 3.8) is 0 Å². The van der Waals surface area contributed by atoms with E-state index in [9.17, 15) is 18.3 Å². The van der Waals surface area contributed by atoms with Crippen molar-refractivity contribution >= 4 is 37.9 Å². The number of nitrogens with zero attached hydrogens (tertiary/aromatic N) is 3. The van der Waals surface area contributed by atoms with Crippen LogP contribution in [0.4, 0.5) is 0 Å². The van der Waals surface area contributed by atoms with Gasteiger partial charge >= 0.3 is 5.97 Å². The molecule has 8 heteroatoms. The average molecular weight is 369 g/mol. The van der Waals surface area contributed by atoms with Crippen molar-refractivity contribution in [2.75, 3.05) is 0 Å². The quantitative estimate of drug-likeness (QED) is 0.599. The summed E-state index contributed by atoms with van der Waals surface area (Å²) in [6.45, 7) is 1.82. The predicted molar refractivity (Wildman–Crippen MR) is 96.9 cm³/mol. The lowest BCUT2D eigenvalue weighted by Crippen LogP contribution is -2.13. The molecule has 26 heavy (non-hydrogen) atoms. The van der Waals surface area contributed by atoms with Crippen molar-refractivity contribution < 1.29 is 18.3 Å². The Morgan fingerprint density at radius 1 is 1.12 bits per heavy atom. The first-order valence-corrected chi connectivity index (χ1v) is 9.26. The Kier molecular flexibility index (Phi) is 3.42. The van der Waals surface area contributed by atoms with Crippen LogP contribution in [0.25, 0.3) is 21.9 Å². The SMILES string of the molecule is Cc1cccc(S(=O)(=O)n2c3ccc(C(=O)O)cc3c3cn(C)nc32)c1. The van der Waals surface area contributed by atoms with Gasteiger partial charge in [-0.2, -0.15) is 5.10 Å². The lowest BCUT2D eigenvalue weighted by molar-refractivity contribution is 0.0697. The zero-order chi connectivity index (χ0) is 18.6. The Morgan fingerprint density at radius 3 is 2.58 bits per heavy atom. The molecule has 132 valence electrons. The molecule has 2 heterocycles. The van der Waals surface area contributed by atoms with E-state index in [1.165, 1.54) is 32.9 Å². The molecule has 0 aliphatic carbocycles. The minimum atomic E-state index is -3.90. The topological polar surface area (TPSA) is 94.2 Å².